The molecule has 1 amide bonds. The van der Waals surface area contributed by atoms with E-state index in [2.05, 4.69) is 17.1 Å². The van der Waals surface area contributed by atoms with Crippen LogP contribution in [0.1, 0.15) is 19.8 Å². The lowest BCUT2D eigenvalue weighted by molar-refractivity contribution is -0.129. The Morgan fingerprint density at radius 1 is 1.28 bits per heavy atom. The van der Waals surface area contributed by atoms with Gasteiger partial charge in [0.25, 0.3) is 0 Å². The van der Waals surface area contributed by atoms with Crippen LogP contribution in [0.4, 0.5) is 0 Å². The minimum absolute atomic E-state index is 0.0645. The van der Waals surface area contributed by atoms with E-state index in [0.717, 1.165) is 65.3 Å². The Bertz CT molecular complexity index is 267. The SMILES string of the molecule is CCCNC1CCN(CCN2CCOCC2)C1=O. The number of nitrogens with one attached hydrogen (secondary N) is 1. The van der Waals surface area contributed by atoms with Crippen LogP contribution in [0.2, 0.25) is 0 Å². The summed E-state index contributed by atoms with van der Waals surface area (Å²) in [5, 5.41) is 3.32. The van der Waals surface area contributed by atoms with Gasteiger partial charge >= 0.3 is 0 Å². The second-order valence-electron chi connectivity index (χ2n) is 5.07. The summed E-state index contributed by atoms with van der Waals surface area (Å²) < 4.78 is 5.32. The smallest absolute Gasteiger partial charge is 0.239 e. The minimum atomic E-state index is 0.0645. The molecule has 0 aromatic carbocycles. The number of ether oxygens (including phenoxy) is 1. The molecule has 0 aliphatic carbocycles. The molecule has 0 aromatic rings. The average molecular weight is 255 g/mol. The maximum Gasteiger partial charge on any atom is 0.239 e. The summed E-state index contributed by atoms with van der Waals surface area (Å²) in [5.41, 5.74) is 0. The normalized spacial score (nSPS) is 25.9. The van der Waals surface area contributed by atoms with Gasteiger partial charge in [-0.15, -0.1) is 0 Å². The van der Waals surface area contributed by atoms with Crippen LogP contribution in [0, 0.1) is 0 Å². The quantitative estimate of drug-likeness (QED) is 0.721. The number of morpholine rings is 1. The lowest BCUT2D eigenvalue weighted by Crippen LogP contribution is -2.44. The van der Waals surface area contributed by atoms with Gasteiger partial charge < -0.3 is 15.0 Å². The molecule has 2 saturated heterocycles. The number of carbonyl (C=O) groups is 1. The first-order valence-electron chi connectivity index (χ1n) is 7.13. The maximum absolute atomic E-state index is 12.1. The van der Waals surface area contributed by atoms with Crippen molar-refractivity contribution in [3.05, 3.63) is 0 Å². The Kier molecular flexibility index (Phi) is 5.41. The Hall–Kier alpha value is -0.650. The number of rotatable bonds is 6. The van der Waals surface area contributed by atoms with Crippen molar-refractivity contribution in [1.29, 1.82) is 0 Å². The average Bonchev–Trinajstić information content (AvgIpc) is 2.76. The van der Waals surface area contributed by atoms with E-state index in [1.165, 1.54) is 0 Å². The molecule has 5 heteroatoms. The van der Waals surface area contributed by atoms with Gasteiger partial charge in [-0.3, -0.25) is 9.69 Å². The first-order valence-corrected chi connectivity index (χ1v) is 7.13. The highest BCUT2D eigenvalue weighted by molar-refractivity contribution is 5.83. The zero-order valence-corrected chi connectivity index (χ0v) is 11.4. The molecule has 1 atom stereocenters. The zero-order chi connectivity index (χ0) is 12.8. The van der Waals surface area contributed by atoms with Crippen LogP contribution >= 0.6 is 0 Å². The van der Waals surface area contributed by atoms with Gasteiger partial charge in [0.05, 0.1) is 19.3 Å². The lowest BCUT2D eigenvalue weighted by Gasteiger charge is -2.28. The Labute approximate surface area is 109 Å². The number of amides is 1. The van der Waals surface area contributed by atoms with E-state index in [1.54, 1.807) is 0 Å². The molecule has 0 bridgehead atoms. The van der Waals surface area contributed by atoms with Crippen molar-refractivity contribution in [2.45, 2.75) is 25.8 Å². The van der Waals surface area contributed by atoms with Crippen LogP contribution in [0.25, 0.3) is 0 Å². The first-order chi connectivity index (χ1) is 8.81. The molecule has 1 N–H and O–H groups in total. The molecule has 2 rings (SSSR count). The summed E-state index contributed by atoms with van der Waals surface area (Å²) in [6.45, 7) is 9.47. The van der Waals surface area contributed by atoms with Gasteiger partial charge in [0.1, 0.15) is 0 Å². The van der Waals surface area contributed by atoms with Crippen LogP contribution in [-0.4, -0.2) is 74.2 Å². The van der Waals surface area contributed by atoms with Gasteiger partial charge in [-0.2, -0.15) is 0 Å². The van der Waals surface area contributed by atoms with E-state index >= 15 is 0 Å². The summed E-state index contributed by atoms with van der Waals surface area (Å²) in [6, 6.07) is 0.0645. The minimum Gasteiger partial charge on any atom is -0.379 e. The van der Waals surface area contributed by atoms with Crippen LogP contribution in [-0.2, 0) is 9.53 Å². The number of hydrogen-bond acceptors (Lipinski definition) is 4. The Balaban J connectivity index is 1.68. The molecule has 2 fully saturated rings. The molecule has 18 heavy (non-hydrogen) atoms. The highest BCUT2D eigenvalue weighted by atomic mass is 16.5. The third-order valence-corrected chi connectivity index (χ3v) is 3.73. The van der Waals surface area contributed by atoms with Crippen molar-refractivity contribution in [2.24, 2.45) is 0 Å². The predicted octanol–water partition coefficient (Wildman–Crippen LogP) is -0.0809. The zero-order valence-electron chi connectivity index (χ0n) is 11.4. The van der Waals surface area contributed by atoms with Crippen molar-refractivity contribution in [3.63, 3.8) is 0 Å². The fourth-order valence-electron chi connectivity index (χ4n) is 2.56. The molecule has 2 heterocycles. The molecule has 2 aliphatic heterocycles. The highest BCUT2D eigenvalue weighted by Gasteiger charge is 2.30. The summed E-state index contributed by atoms with van der Waals surface area (Å²) in [6.07, 6.45) is 2.04. The van der Waals surface area contributed by atoms with Crippen LogP contribution < -0.4 is 5.32 Å². The lowest BCUT2D eigenvalue weighted by atomic mass is 10.2. The number of carbonyl (C=O) groups excluding carboxylic acids is 1. The summed E-state index contributed by atoms with van der Waals surface area (Å²) in [5.74, 6) is 0.289. The maximum atomic E-state index is 12.1. The molecule has 1 unspecified atom stereocenters. The van der Waals surface area contributed by atoms with E-state index < -0.39 is 0 Å². The van der Waals surface area contributed by atoms with Gasteiger partial charge in [0, 0.05) is 32.7 Å². The number of nitrogens with zero attached hydrogens (tertiary/aromatic N) is 2. The van der Waals surface area contributed by atoms with Gasteiger partial charge in [-0.1, -0.05) is 6.92 Å². The van der Waals surface area contributed by atoms with Crippen molar-refractivity contribution < 1.29 is 9.53 Å². The number of hydrogen-bond donors (Lipinski definition) is 1. The molecule has 0 spiro atoms. The van der Waals surface area contributed by atoms with E-state index in [9.17, 15) is 4.79 Å². The Morgan fingerprint density at radius 3 is 2.78 bits per heavy atom. The molecule has 2 aliphatic rings. The summed E-state index contributed by atoms with van der Waals surface area (Å²) >= 11 is 0. The standard InChI is InChI=1S/C13H25N3O2/c1-2-4-14-12-3-5-16(13(12)17)7-6-15-8-10-18-11-9-15/h12,14H,2-11H2,1H3. The third-order valence-electron chi connectivity index (χ3n) is 3.73. The third kappa shape index (κ3) is 3.67. The van der Waals surface area contributed by atoms with Gasteiger partial charge in [0.2, 0.25) is 5.91 Å². The van der Waals surface area contributed by atoms with E-state index in [-0.39, 0.29) is 11.9 Å². The highest BCUT2D eigenvalue weighted by Crippen LogP contribution is 2.11. The fraction of sp³-hybridized carbons (Fsp3) is 0.923. The first kappa shape index (κ1) is 13.8. The molecule has 0 aromatic heterocycles. The van der Waals surface area contributed by atoms with Crippen molar-refractivity contribution >= 4 is 5.91 Å². The molecule has 0 saturated carbocycles. The van der Waals surface area contributed by atoms with Gasteiger partial charge in [-0.05, 0) is 19.4 Å². The summed E-state index contributed by atoms with van der Waals surface area (Å²) in [4.78, 5) is 16.5. The summed E-state index contributed by atoms with van der Waals surface area (Å²) in [7, 11) is 0. The second kappa shape index (κ2) is 7.07. The van der Waals surface area contributed by atoms with Crippen LogP contribution in [0.3, 0.4) is 0 Å². The molecule has 104 valence electrons. The van der Waals surface area contributed by atoms with Crippen molar-refractivity contribution in [1.82, 2.24) is 15.1 Å². The molecule has 5 nitrogen and oxygen atoms in total. The molecular formula is C13H25N3O2. The van der Waals surface area contributed by atoms with Gasteiger partial charge in [0.15, 0.2) is 0 Å². The molecule has 0 radical (unpaired) electrons. The monoisotopic (exact) mass is 255 g/mol. The van der Waals surface area contributed by atoms with Gasteiger partial charge in [-0.25, -0.2) is 0 Å². The van der Waals surface area contributed by atoms with E-state index in [4.69, 9.17) is 4.74 Å². The predicted molar refractivity (Wildman–Crippen MR) is 70.5 cm³/mol. The van der Waals surface area contributed by atoms with Crippen LogP contribution in [0.5, 0.6) is 0 Å². The van der Waals surface area contributed by atoms with Crippen molar-refractivity contribution in [2.75, 3.05) is 52.5 Å². The van der Waals surface area contributed by atoms with E-state index in [1.807, 2.05) is 4.90 Å². The Morgan fingerprint density at radius 2 is 2.06 bits per heavy atom. The topological polar surface area (TPSA) is 44.8 Å². The largest absolute Gasteiger partial charge is 0.379 e. The van der Waals surface area contributed by atoms with Crippen LogP contribution in [0.15, 0.2) is 0 Å². The molecular weight excluding hydrogens is 230 g/mol. The van der Waals surface area contributed by atoms with E-state index in [0.29, 0.717) is 0 Å². The number of likely N-dealkylation sites (tertiary alicyclic amines) is 1. The fourth-order valence-corrected chi connectivity index (χ4v) is 2.56. The van der Waals surface area contributed by atoms with Crippen molar-refractivity contribution in [3.8, 4) is 0 Å². The second-order valence-corrected chi connectivity index (χ2v) is 5.07.